The smallest absolute Gasteiger partial charge is 0.121 e. The molecule has 0 unspecified atom stereocenters. The van der Waals surface area contributed by atoms with Gasteiger partial charge in [-0.05, 0) is 41.8 Å². The number of nitrogen functional groups attached to an aromatic ring is 1. The second-order valence-electron chi connectivity index (χ2n) is 4.26. The second kappa shape index (κ2) is 5.11. The first-order valence-electron chi connectivity index (χ1n) is 5.86. The van der Waals surface area contributed by atoms with Crippen molar-refractivity contribution in [2.24, 2.45) is 0 Å². The molecule has 0 spiro atoms. The Kier molecular flexibility index (Phi) is 3.32. The summed E-state index contributed by atoms with van der Waals surface area (Å²) in [5.41, 5.74) is 7.74. The average molecular weight is 290 g/mol. The Morgan fingerprint density at radius 2 is 2.05 bits per heavy atom. The molecule has 0 bridgehead atoms. The van der Waals surface area contributed by atoms with Crippen LogP contribution in [0.3, 0.4) is 0 Å². The van der Waals surface area contributed by atoms with E-state index in [0.717, 1.165) is 22.4 Å². The van der Waals surface area contributed by atoms with Crippen molar-refractivity contribution in [3.8, 4) is 5.75 Å². The Balaban J connectivity index is 1.84. The summed E-state index contributed by atoms with van der Waals surface area (Å²) < 4.78 is 6.98. The highest BCUT2D eigenvalue weighted by molar-refractivity contribution is 7.17. The molecule has 0 fully saturated rings. The van der Waals surface area contributed by atoms with Crippen molar-refractivity contribution in [3.63, 3.8) is 0 Å². The van der Waals surface area contributed by atoms with Crippen LogP contribution in [0.2, 0.25) is 5.02 Å². The number of nitrogens with two attached hydrogens (primary N) is 1. The summed E-state index contributed by atoms with van der Waals surface area (Å²) in [6.07, 6.45) is 0. The van der Waals surface area contributed by atoms with E-state index in [-0.39, 0.29) is 0 Å². The number of rotatable bonds is 3. The highest BCUT2D eigenvalue weighted by atomic mass is 35.5. The van der Waals surface area contributed by atoms with Gasteiger partial charge in [0.05, 0.1) is 0 Å². The van der Waals surface area contributed by atoms with Gasteiger partial charge >= 0.3 is 0 Å². The van der Waals surface area contributed by atoms with Crippen molar-refractivity contribution in [2.45, 2.75) is 6.61 Å². The highest BCUT2D eigenvalue weighted by Crippen LogP contribution is 2.29. The molecule has 2 aromatic carbocycles. The summed E-state index contributed by atoms with van der Waals surface area (Å²) in [6.45, 7) is 0.518. The topological polar surface area (TPSA) is 35.2 Å². The molecule has 0 radical (unpaired) electrons. The molecule has 0 aliphatic carbocycles. The predicted octanol–water partition coefficient (Wildman–Crippen LogP) is 4.72. The third-order valence-corrected chi connectivity index (χ3v) is 4.12. The van der Waals surface area contributed by atoms with Crippen molar-refractivity contribution < 1.29 is 4.74 Å². The number of ether oxygens (including phenoxy) is 1. The van der Waals surface area contributed by atoms with Crippen molar-refractivity contribution in [1.82, 2.24) is 0 Å². The maximum Gasteiger partial charge on any atom is 0.121 e. The first-order chi connectivity index (χ1) is 9.22. The SMILES string of the molecule is Nc1ccc2scc(COc3cccc(Cl)c3)c2c1. The molecule has 3 aromatic rings. The largest absolute Gasteiger partial charge is 0.489 e. The third-order valence-electron chi connectivity index (χ3n) is 2.87. The van der Waals surface area contributed by atoms with Gasteiger partial charge in [0, 0.05) is 26.4 Å². The lowest BCUT2D eigenvalue weighted by Gasteiger charge is -2.06. The van der Waals surface area contributed by atoms with E-state index in [4.69, 9.17) is 22.1 Å². The molecule has 4 heteroatoms. The molecule has 2 N–H and O–H groups in total. The molecule has 1 aromatic heterocycles. The molecule has 1 heterocycles. The zero-order valence-electron chi connectivity index (χ0n) is 10.1. The standard InChI is InChI=1S/C15H12ClNOS/c16-11-2-1-3-13(6-11)18-8-10-9-19-15-5-4-12(17)7-14(10)15/h1-7,9H,8,17H2. The van der Waals surface area contributed by atoms with Crippen LogP contribution in [0.15, 0.2) is 47.8 Å². The fourth-order valence-corrected chi connectivity index (χ4v) is 3.04. The van der Waals surface area contributed by atoms with Gasteiger partial charge in [-0.3, -0.25) is 0 Å². The van der Waals surface area contributed by atoms with Crippen LogP contribution >= 0.6 is 22.9 Å². The van der Waals surface area contributed by atoms with Crippen LogP contribution in [0.4, 0.5) is 5.69 Å². The van der Waals surface area contributed by atoms with E-state index in [0.29, 0.717) is 11.6 Å². The van der Waals surface area contributed by atoms with E-state index in [9.17, 15) is 0 Å². The van der Waals surface area contributed by atoms with E-state index in [1.165, 1.54) is 4.70 Å². The number of halogens is 1. The molecule has 0 atom stereocenters. The number of hydrogen-bond donors (Lipinski definition) is 1. The van der Waals surface area contributed by atoms with Crippen LogP contribution in [-0.2, 0) is 6.61 Å². The third kappa shape index (κ3) is 2.67. The molecule has 3 rings (SSSR count). The quantitative estimate of drug-likeness (QED) is 0.708. The van der Waals surface area contributed by atoms with Gasteiger partial charge in [-0.1, -0.05) is 17.7 Å². The molecule has 0 aliphatic heterocycles. The Morgan fingerprint density at radius 1 is 1.16 bits per heavy atom. The van der Waals surface area contributed by atoms with Gasteiger partial charge in [0.2, 0.25) is 0 Å². The van der Waals surface area contributed by atoms with Crippen LogP contribution in [-0.4, -0.2) is 0 Å². The minimum Gasteiger partial charge on any atom is -0.489 e. The monoisotopic (exact) mass is 289 g/mol. The van der Waals surface area contributed by atoms with Crippen LogP contribution in [0, 0.1) is 0 Å². The molecule has 96 valence electrons. The van der Waals surface area contributed by atoms with E-state index < -0.39 is 0 Å². The summed E-state index contributed by atoms with van der Waals surface area (Å²) in [7, 11) is 0. The van der Waals surface area contributed by atoms with Gasteiger partial charge in [-0.15, -0.1) is 11.3 Å². The number of hydrogen-bond acceptors (Lipinski definition) is 3. The summed E-state index contributed by atoms with van der Waals surface area (Å²) in [5, 5.41) is 3.94. The molecule has 0 amide bonds. The van der Waals surface area contributed by atoms with Crippen LogP contribution in [0.5, 0.6) is 5.75 Å². The summed E-state index contributed by atoms with van der Waals surface area (Å²) in [4.78, 5) is 0. The van der Waals surface area contributed by atoms with Crippen molar-refractivity contribution in [2.75, 3.05) is 5.73 Å². The molecule has 19 heavy (non-hydrogen) atoms. The molecule has 0 saturated carbocycles. The lowest BCUT2D eigenvalue weighted by Crippen LogP contribution is -1.94. The molecular formula is C15H12ClNOS. The van der Waals surface area contributed by atoms with Gasteiger partial charge in [0.1, 0.15) is 12.4 Å². The first kappa shape index (κ1) is 12.3. The number of thiophene rings is 1. The van der Waals surface area contributed by atoms with Gasteiger partial charge in [0.25, 0.3) is 0 Å². The Hall–Kier alpha value is -1.71. The number of fused-ring (bicyclic) bond motifs is 1. The van der Waals surface area contributed by atoms with E-state index in [1.807, 2.05) is 42.5 Å². The maximum absolute atomic E-state index is 5.93. The Morgan fingerprint density at radius 3 is 2.89 bits per heavy atom. The molecular weight excluding hydrogens is 278 g/mol. The van der Waals surface area contributed by atoms with Crippen LogP contribution < -0.4 is 10.5 Å². The van der Waals surface area contributed by atoms with Crippen LogP contribution in [0.25, 0.3) is 10.1 Å². The molecule has 0 aliphatic rings. The van der Waals surface area contributed by atoms with Gasteiger partial charge < -0.3 is 10.5 Å². The van der Waals surface area contributed by atoms with Gasteiger partial charge in [-0.2, -0.15) is 0 Å². The average Bonchev–Trinajstić information content (AvgIpc) is 2.79. The highest BCUT2D eigenvalue weighted by Gasteiger charge is 2.05. The zero-order chi connectivity index (χ0) is 13.2. The van der Waals surface area contributed by atoms with Crippen molar-refractivity contribution >= 4 is 38.7 Å². The zero-order valence-corrected chi connectivity index (χ0v) is 11.7. The van der Waals surface area contributed by atoms with Crippen molar-refractivity contribution in [1.29, 1.82) is 0 Å². The number of anilines is 1. The molecule has 2 nitrogen and oxygen atoms in total. The van der Waals surface area contributed by atoms with E-state index in [2.05, 4.69) is 5.38 Å². The fourth-order valence-electron chi connectivity index (χ4n) is 1.93. The first-order valence-corrected chi connectivity index (χ1v) is 7.12. The van der Waals surface area contributed by atoms with E-state index >= 15 is 0 Å². The molecule has 0 saturated heterocycles. The minimum absolute atomic E-state index is 0.518. The van der Waals surface area contributed by atoms with Gasteiger partial charge in [0.15, 0.2) is 0 Å². The van der Waals surface area contributed by atoms with Crippen molar-refractivity contribution in [3.05, 3.63) is 58.4 Å². The maximum atomic E-state index is 5.93. The lowest BCUT2D eigenvalue weighted by atomic mass is 10.2. The number of benzene rings is 2. The normalized spacial score (nSPS) is 10.8. The second-order valence-corrected chi connectivity index (χ2v) is 5.61. The van der Waals surface area contributed by atoms with E-state index in [1.54, 1.807) is 11.3 Å². The Bertz CT molecular complexity index is 723. The fraction of sp³-hybridized carbons (Fsp3) is 0.0667. The summed E-state index contributed by atoms with van der Waals surface area (Å²) in [5.74, 6) is 0.774. The lowest BCUT2D eigenvalue weighted by molar-refractivity contribution is 0.308. The summed E-state index contributed by atoms with van der Waals surface area (Å²) in [6, 6.07) is 13.4. The minimum atomic E-state index is 0.518. The predicted molar refractivity (Wildman–Crippen MR) is 82.0 cm³/mol. The van der Waals surface area contributed by atoms with Gasteiger partial charge in [-0.25, -0.2) is 0 Å². The Labute approximate surface area is 120 Å². The van der Waals surface area contributed by atoms with Crippen LogP contribution in [0.1, 0.15) is 5.56 Å². The summed E-state index contributed by atoms with van der Waals surface area (Å²) >= 11 is 7.63.